The second kappa shape index (κ2) is 4.91. The minimum Gasteiger partial charge on any atom is -0.315 e. The smallest absolute Gasteiger partial charge is 0.236 e. The van der Waals surface area contributed by atoms with Crippen molar-refractivity contribution in [2.24, 2.45) is 0 Å². The van der Waals surface area contributed by atoms with Crippen LogP contribution in [0.2, 0.25) is 0 Å². The van der Waals surface area contributed by atoms with Crippen molar-refractivity contribution < 1.29 is 12.8 Å². The van der Waals surface area contributed by atoms with Gasteiger partial charge in [-0.1, -0.05) is 0 Å². The van der Waals surface area contributed by atoms with Gasteiger partial charge in [0.15, 0.2) is 0 Å². The minimum atomic E-state index is -3.44. The van der Waals surface area contributed by atoms with Crippen molar-refractivity contribution in [3.05, 3.63) is 28.5 Å². The third-order valence-electron chi connectivity index (χ3n) is 2.63. The van der Waals surface area contributed by atoms with E-state index < -0.39 is 21.1 Å². The molecule has 4 nitrogen and oxygen atoms in total. The van der Waals surface area contributed by atoms with E-state index in [0.717, 1.165) is 6.07 Å². The monoisotopic (exact) mass is 322 g/mol. The van der Waals surface area contributed by atoms with Crippen molar-refractivity contribution in [3.63, 3.8) is 0 Å². The maximum absolute atomic E-state index is 13.2. The maximum Gasteiger partial charge on any atom is 0.236 e. The highest BCUT2D eigenvalue weighted by Crippen LogP contribution is 2.21. The Hall–Kier alpha value is -0.660. The molecule has 1 saturated heterocycles. The zero-order valence-corrected chi connectivity index (χ0v) is 11.3. The summed E-state index contributed by atoms with van der Waals surface area (Å²) >= 11 is 3.01. The quantitative estimate of drug-likeness (QED) is 0.890. The van der Waals surface area contributed by atoms with Crippen LogP contribution in [0.5, 0.6) is 0 Å². The average molecular weight is 323 g/mol. The Morgan fingerprint density at radius 3 is 2.82 bits per heavy atom. The van der Waals surface area contributed by atoms with Crippen LogP contribution in [0.15, 0.2) is 22.7 Å². The number of sulfonamides is 1. The average Bonchev–Trinajstić information content (AvgIpc) is 2.77. The molecule has 1 fully saturated rings. The molecule has 94 valence electrons. The third-order valence-corrected chi connectivity index (χ3v) is 5.08. The van der Waals surface area contributed by atoms with E-state index in [1.807, 2.05) is 0 Å². The number of nitrogens with one attached hydrogen (secondary N) is 2. The lowest BCUT2D eigenvalue weighted by Gasteiger charge is -2.13. The fourth-order valence-electron chi connectivity index (χ4n) is 1.70. The summed E-state index contributed by atoms with van der Waals surface area (Å²) in [5.74, 6) is -0.491. The maximum atomic E-state index is 13.2. The Morgan fingerprint density at radius 1 is 1.47 bits per heavy atom. The molecule has 0 saturated carbocycles. The second-order valence-electron chi connectivity index (χ2n) is 3.89. The summed E-state index contributed by atoms with van der Waals surface area (Å²) in [5.41, 5.74) is 0.248. The fourth-order valence-corrected chi connectivity index (χ4v) is 3.33. The Morgan fingerprint density at radius 2 is 2.24 bits per heavy atom. The molecule has 7 heteroatoms. The van der Waals surface area contributed by atoms with Gasteiger partial charge in [-0.2, -0.15) is 0 Å². The summed E-state index contributed by atoms with van der Waals surface area (Å²) in [6, 6.07) is 4.15. The molecule has 1 aliphatic rings. The second-order valence-corrected chi connectivity index (χ2v) is 6.71. The first kappa shape index (κ1) is 12.8. The highest BCUT2D eigenvalue weighted by molar-refractivity contribution is 9.10. The molecule has 1 aliphatic heterocycles. The van der Waals surface area contributed by atoms with Gasteiger partial charge in [-0.3, -0.25) is 4.72 Å². The van der Waals surface area contributed by atoms with Gasteiger partial charge in [0, 0.05) is 6.54 Å². The summed E-state index contributed by atoms with van der Waals surface area (Å²) in [7, 11) is -3.44. The van der Waals surface area contributed by atoms with Gasteiger partial charge >= 0.3 is 0 Å². The summed E-state index contributed by atoms with van der Waals surface area (Å²) in [5, 5.41) is 2.53. The highest BCUT2D eigenvalue weighted by atomic mass is 79.9. The van der Waals surface area contributed by atoms with Crippen LogP contribution in [0.1, 0.15) is 6.42 Å². The van der Waals surface area contributed by atoms with E-state index >= 15 is 0 Å². The van der Waals surface area contributed by atoms with Crippen LogP contribution in [0.25, 0.3) is 0 Å². The Labute approximate surface area is 108 Å². The largest absolute Gasteiger partial charge is 0.315 e. The van der Waals surface area contributed by atoms with Crippen molar-refractivity contribution in [1.82, 2.24) is 5.32 Å². The molecule has 1 aromatic rings. The molecule has 1 unspecified atom stereocenters. The van der Waals surface area contributed by atoms with E-state index in [1.165, 1.54) is 12.1 Å². The zero-order valence-electron chi connectivity index (χ0n) is 8.91. The molecule has 0 aliphatic carbocycles. The highest BCUT2D eigenvalue weighted by Gasteiger charge is 2.28. The van der Waals surface area contributed by atoms with Gasteiger partial charge in [0.2, 0.25) is 10.0 Å². The van der Waals surface area contributed by atoms with Gasteiger partial charge in [0.25, 0.3) is 0 Å². The predicted molar refractivity (Wildman–Crippen MR) is 67.9 cm³/mol. The summed E-state index contributed by atoms with van der Waals surface area (Å²) in [6.45, 7) is 1.13. The topological polar surface area (TPSA) is 58.2 Å². The molecule has 0 amide bonds. The molecular weight excluding hydrogens is 311 g/mol. The van der Waals surface area contributed by atoms with Gasteiger partial charge in [0.05, 0.1) is 15.4 Å². The lowest BCUT2D eigenvalue weighted by molar-refractivity contribution is 0.588. The van der Waals surface area contributed by atoms with Crippen molar-refractivity contribution in [1.29, 1.82) is 0 Å². The Kier molecular flexibility index (Phi) is 3.70. The number of anilines is 1. The van der Waals surface area contributed by atoms with E-state index in [2.05, 4.69) is 26.0 Å². The van der Waals surface area contributed by atoms with Gasteiger partial charge < -0.3 is 5.32 Å². The van der Waals surface area contributed by atoms with Crippen LogP contribution in [-0.2, 0) is 10.0 Å². The lowest BCUT2D eigenvalue weighted by Crippen LogP contribution is -2.29. The van der Waals surface area contributed by atoms with Crippen LogP contribution < -0.4 is 10.0 Å². The molecule has 0 spiro atoms. The first-order chi connectivity index (χ1) is 7.99. The van der Waals surface area contributed by atoms with Crippen LogP contribution >= 0.6 is 15.9 Å². The SMILES string of the molecule is O=S(=O)(Nc1ccc(Br)c(F)c1)C1CCNC1. The number of halogens is 2. The van der Waals surface area contributed by atoms with Gasteiger partial charge in [-0.15, -0.1) is 0 Å². The number of rotatable bonds is 3. The molecule has 0 aromatic heterocycles. The molecule has 2 rings (SSSR count). The normalized spacial score (nSPS) is 20.5. The molecule has 0 radical (unpaired) electrons. The number of hydrogen-bond acceptors (Lipinski definition) is 3. The molecule has 17 heavy (non-hydrogen) atoms. The molecule has 1 aromatic carbocycles. The van der Waals surface area contributed by atoms with Crippen molar-refractivity contribution in [2.75, 3.05) is 17.8 Å². The number of benzene rings is 1. The molecular formula is C10H12BrFN2O2S. The zero-order chi connectivity index (χ0) is 12.5. The van der Waals surface area contributed by atoms with Crippen LogP contribution in [0.4, 0.5) is 10.1 Å². The molecule has 1 atom stereocenters. The minimum absolute atomic E-state index is 0.248. The van der Waals surface area contributed by atoms with E-state index in [4.69, 9.17) is 0 Å². The van der Waals surface area contributed by atoms with Crippen molar-refractivity contribution in [2.45, 2.75) is 11.7 Å². The van der Waals surface area contributed by atoms with Gasteiger partial charge in [0.1, 0.15) is 5.82 Å². The predicted octanol–water partition coefficient (Wildman–Crippen LogP) is 1.69. The van der Waals surface area contributed by atoms with Crippen molar-refractivity contribution >= 4 is 31.6 Å². The first-order valence-electron chi connectivity index (χ1n) is 5.16. The van der Waals surface area contributed by atoms with E-state index in [-0.39, 0.29) is 5.69 Å². The standard InChI is InChI=1S/C10H12BrFN2O2S/c11-9-2-1-7(5-10(9)12)14-17(15,16)8-3-4-13-6-8/h1-2,5,8,13-14H,3-4,6H2. The first-order valence-corrected chi connectivity index (χ1v) is 7.50. The van der Waals surface area contributed by atoms with E-state index in [9.17, 15) is 12.8 Å². The van der Waals surface area contributed by atoms with Gasteiger partial charge in [-0.05, 0) is 47.1 Å². The van der Waals surface area contributed by atoms with Crippen LogP contribution in [0, 0.1) is 5.82 Å². The molecule has 0 bridgehead atoms. The Balaban J connectivity index is 2.17. The molecule has 2 N–H and O–H groups in total. The summed E-state index contributed by atoms with van der Waals surface area (Å²) in [4.78, 5) is 0. The number of hydrogen-bond donors (Lipinski definition) is 2. The lowest BCUT2D eigenvalue weighted by atomic mass is 10.3. The molecule has 1 heterocycles. The van der Waals surface area contributed by atoms with E-state index in [0.29, 0.717) is 24.0 Å². The summed E-state index contributed by atoms with van der Waals surface area (Å²) in [6.07, 6.45) is 0.578. The van der Waals surface area contributed by atoms with Crippen LogP contribution in [0.3, 0.4) is 0 Å². The van der Waals surface area contributed by atoms with Gasteiger partial charge in [-0.25, -0.2) is 12.8 Å². The van der Waals surface area contributed by atoms with Crippen LogP contribution in [-0.4, -0.2) is 26.8 Å². The van der Waals surface area contributed by atoms with E-state index in [1.54, 1.807) is 0 Å². The van der Waals surface area contributed by atoms with Crippen molar-refractivity contribution in [3.8, 4) is 0 Å². The fraction of sp³-hybridized carbons (Fsp3) is 0.400. The Bertz CT molecular complexity index is 515. The summed E-state index contributed by atoms with van der Waals surface area (Å²) < 4.78 is 39.8. The third kappa shape index (κ3) is 2.97.